The van der Waals surface area contributed by atoms with Gasteiger partial charge in [-0.3, -0.25) is 9.78 Å². The largest absolute Gasteiger partial charge is 0.481 e. The Kier molecular flexibility index (Phi) is 5.97. The average molecular weight is 512 g/mol. The van der Waals surface area contributed by atoms with Crippen LogP contribution >= 0.6 is 0 Å². The standard InChI is InChI=1S/C31H33N3O4/c1-31(2)21(17-28(35)36)16-23(31)25-12-8-18-14-19(9-11-24(18)32-25)29-33-26-15-20(30(37)38)10-13-27(26)34(29)22-6-4-3-5-7-22/h8-15,21-23H,3-7,16-17H2,1-2H3,(H,35,36)(H,37,38). The number of carboxylic acids is 2. The minimum Gasteiger partial charge on any atom is -0.481 e. The quantitative estimate of drug-likeness (QED) is 0.287. The zero-order valence-corrected chi connectivity index (χ0v) is 21.9. The van der Waals surface area contributed by atoms with Gasteiger partial charge < -0.3 is 14.8 Å². The van der Waals surface area contributed by atoms with Gasteiger partial charge in [-0.05, 0) is 73.1 Å². The van der Waals surface area contributed by atoms with Crippen molar-refractivity contribution in [2.45, 2.75) is 70.8 Å². The summed E-state index contributed by atoms with van der Waals surface area (Å²) in [5.74, 6) is -0.401. The molecule has 2 atom stereocenters. The lowest BCUT2D eigenvalue weighted by molar-refractivity contribution is -0.141. The number of aliphatic carboxylic acids is 1. The fourth-order valence-electron chi connectivity index (χ4n) is 6.69. The number of fused-ring (bicyclic) bond motifs is 2. The van der Waals surface area contributed by atoms with Crippen LogP contribution in [0.4, 0.5) is 0 Å². The van der Waals surface area contributed by atoms with E-state index in [4.69, 9.17) is 9.97 Å². The first-order chi connectivity index (χ1) is 18.2. The molecule has 0 radical (unpaired) electrons. The first kappa shape index (κ1) is 24.6. The summed E-state index contributed by atoms with van der Waals surface area (Å²) in [6.45, 7) is 4.30. The Morgan fingerprint density at radius 1 is 0.947 bits per heavy atom. The van der Waals surface area contributed by atoms with Crippen molar-refractivity contribution >= 4 is 33.9 Å². The van der Waals surface area contributed by atoms with Crippen molar-refractivity contribution in [2.24, 2.45) is 11.3 Å². The number of hydrogen-bond donors (Lipinski definition) is 2. The lowest BCUT2D eigenvalue weighted by atomic mass is 9.53. The number of benzene rings is 2. The number of nitrogens with zero attached hydrogens (tertiary/aromatic N) is 3. The number of carboxylic acid groups (broad SMARTS) is 2. The van der Waals surface area contributed by atoms with Crippen LogP contribution in [-0.2, 0) is 4.79 Å². The molecule has 0 amide bonds. The van der Waals surface area contributed by atoms with Crippen LogP contribution < -0.4 is 0 Å². The molecule has 2 aliphatic rings. The van der Waals surface area contributed by atoms with Crippen molar-refractivity contribution < 1.29 is 19.8 Å². The first-order valence-corrected chi connectivity index (χ1v) is 13.6. The highest BCUT2D eigenvalue weighted by atomic mass is 16.4. The van der Waals surface area contributed by atoms with Gasteiger partial charge in [0.25, 0.3) is 0 Å². The van der Waals surface area contributed by atoms with E-state index in [1.807, 2.05) is 12.1 Å². The Bertz CT molecular complexity index is 1560. The Hall–Kier alpha value is -3.74. The smallest absolute Gasteiger partial charge is 0.335 e. The zero-order chi connectivity index (χ0) is 26.6. The number of carbonyl (C=O) groups is 2. The van der Waals surface area contributed by atoms with Gasteiger partial charge in [-0.25, -0.2) is 9.78 Å². The Morgan fingerprint density at radius 2 is 1.74 bits per heavy atom. The lowest BCUT2D eigenvalue weighted by Gasteiger charge is -2.51. The molecule has 0 spiro atoms. The Morgan fingerprint density at radius 3 is 2.45 bits per heavy atom. The van der Waals surface area contributed by atoms with Gasteiger partial charge >= 0.3 is 11.9 Å². The summed E-state index contributed by atoms with van der Waals surface area (Å²) < 4.78 is 2.32. The van der Waals surface area contributed by atoms with Crippen LogP contribution in [-0.4, -0.2) is 36.7 Å². The van der Waals surface area contributed by atoms with Gasteiger partial charge in [0.2, 0.25) is 0 Å². The number of imidazole rings is 1. The van der Waals surface area contributed by atoms with Gasteiger partial charge in [0.15, 0.2) is 0 Å². The molecule has 0 aliphatic heterocycles. The van der Waals surface area contributed by atoms with Crippen LogP contribution in [0.1, 0.15) is 86.8 Å². The highest BCUT2D eigenvalue weighted by Crippen LogP contribution is 2.57. The summed E-state index contributed by atoms with van der Waals surface area (Å²) in [4.78, 5) is 32.8. The fraction of sp³-hybridized carbons (Fsp3) is 0.419. The number of rotatable bonds is 6. The monoisotopic (exact) mass is 511 g/mol. The van der Waals surface area contributed by atoms with Crippen LogP contribution in [0.5, 0.6) is 0 Å². The summed E-state index contributed by atoms with van der Waals surface area (Å²) in [6.07, 6.45) is 6.87. The van der Waals surface area contributed by atoms with Gasteiger partial charge in [-0.15, -0.1) is 0 Å². The molecule has 196 valence electrons. The molecule has 0 saturated heterocycles. The number of aromatic nitrogens is 3. The normalized spacial score (nSPS) is 21.4. The predicted octanol–water partition coefficient (Wildman–Crippen LogP) is 7.06. The summed E-state index contributed by atoms with van der Waals surface area (Å²) in [6, 6.07) is 16.0. The molecule has 7 nitrogen and oxygen atoms in total. The molecule has 2 aliphatic carbocycles. The van der Waals surface area contributed by atoms with Crippen molar-refractivity contribution in [3.8, 4) is 11.4 Å². The molecule has 7 heteroatoms. The van der Waals surface area contributed by atoms with E-state index in [9.17, 15) is 19.8 Å². The van der Waals surface area contributed by atoms with E-state index in [1.54, 1.807) is 12.1 Å². The number of hydrogen-bond acceptors (Lipinski definition) is 4. The third-order valence-corrected chi connectivity index (χ3v) is 9.09. The topological polar surface area (TPSA) is 105 Å². The van der Waals surface area contributed by atoms with Gasteiger partial charge in [0.05, 0.1) is 22.1 Å². The van der Waals surface area contributed by atoms with Crippen LogP contribution in [0.15, 0.2) is 48.5 Å². The highest BCUT2D eigenvalue weighted by molar-refractivity contribution is 5.94. The second-order valence-electron chi connectivity index (χ2n) is 11.7. The van der Waals surface area contributed by atoms with Gasteiger partial charge in [0.1, 0.15) is 5.82 Å². The van der Waals surface area contributed by atoms with Crippen molar-refractivity contribution in [3.05, 3.63) is 59.8 Å². The van der Waals surface area contributed by atoms with Gasteiger partial charge in [-0.2, -0.15) is 0 Å². The van der Waals surface area contributed by atoms with Crippen LogP contribution in [0.25, 0.3) is 33.3 Å². The van der Waals surface area contributed by atoms with E-state index in [-0.39, 0.29) is 29.2 Å². The zero-order valence-electron chi connectivity index (χ0n) is 21.9. The van der Waals surface area contributed by atoms with Crippen molar-refractivity contribution in [1.29, 1.82) is 0 Å². The van der Waals surface area contributed by atoms with E-state index < -0.39 is 11.9 Å². The molecule has 2 fully saturated rings. The SMILES string of the molecule is CC1(C)C(CC(=O)O)CC1c1ccc2cc(-c3nc4cc(C(=O)O)ccc4n3C3CCCCC3)ccc2n1. The minimum absolute atomic E-state index is 0.0985. The number of aromatic carboxylic acids is 1. The Balaban J connectivity index is 1.38. The average Bonchev–Trinajstić information content (AvgIpc) is 3.29. The minimum atomic E-state index is -0.947. The maximum atomic E-state index is 11.6. The summed E-state index contributed by atoms with van der Waals surface area (Å²) in [7, 11) is 0. The molecule has 2 unspecified atom stereocenters. The highest BCUT2D eigenvalue weighted by Gasteiger charge is 2.49. The summed E-state index contributed by atoms with van der Waals surface area (Å²) in [5.41, 5.74) is 4.77. The molecule has 0 bridgehead atoms. The van der Waals surface area contributed by atoms with Crippen molar-refractivity contribution in [2.75, 3.05) is 0 Å². The third kappa shape index (κ3) is 4.14. The van der Waals surface area contributed by atoms with E-state index >= 15 is 0 Å². The van der Waals surface area contributed by atoms with Crippen molar-refractivity contribution in [1.82, 2.24) is 14.5 Å². The van der Waals surface area contributed by atoms with E-state index in [0.717, 1.165) is 52.8 Å². The lowest BCUT2D eigenvalue weighted by Crippen LogP contribution is -2.44. The summed E-state index contributed by atoms with van der Waals surface area (Å²) in [5, 5.41) is 19.8. The Labute approximate surface area is 221 Å². The van der Waals surface area contributed by atoms with Crippen LogP contribution in [0.2, 0.25) is 0 Å². The predicted molar refractivity (Wildman–Crippen MR) is 146 cm³/mol. The maximum absolute atomic E-state index is 11.6. The molecule has 6 rings (SSSR count). The third-order valence-electron chi connectivity index (χ3n) is 9.09. The fourth-order valence-corrected chi connectivity index (χ4v) is 6.69. The van der Waals surface area contributed by atoms with Gasteiger partial charge in [-0.1, -0.05) is 39.2 Å². The molecule has 4 aromatic rings. The molecule has 2 aromatic carbocycles. The molecule has 2 aromatic heterocycles. The first-order valence-electron chi connectivity index (χ1n) is 13.6. The second kappa shape index (κ2) is 9.22. The van der Waals surface area contributed by atoms with E-state index in [1.165, 1.54) is 19.3 Å². The van der Waals surface area contributed by atoms with Crippen molar-refractivity contribution in [3.63, 3.8) is 0 Å². The second-order valence-corrected chi connectivity index (χ2v) is 11.7. The van der Waals surface area contributed by atoms with E-state index in [2.05, 4.69) is 42.7 Å². The molecule has 2 saturated carbocycles. The number of pyridine rings is 1. The molecular weight excluding hydrogens is 478 g/mol. The molecule has 2 heterocycles. The molecular formula is C31H33N3O4. The maximum Gasteiger partial charge on any atom is 0.335 e. The molecule has 2 N–H and O–H groups in total. The van der Waals surface area contributed by atoms with Crippen LogP contribution in [0.3, 0.4) is 0 Å². The summed E-state index contributed by atoms with van der Waals surface area (Å²) >= 11 is 0. The van der Waals surface area contributed by atoms with E-state index in [0.29, 0.717) is 11.6 Å². The van der Waals surface area contributed by atoms with Gasteiger partial charge in [0, 0.05) is 35.0 Å². The van der Waals surface area contributed by atoms with Crippen LogP contribution in [0, 0.1) is 11.3 Å². The molecule has 38 heavy (non-hydrogen) atoms.